The van der Waals surface area contributed by atoms with Gasteiger partial charge in [-0.15, -0.1) is 0 Å². The van der Waals surface area contributed by atoms with Gasteiger partial charge < -0.3 is 10.4 Å². The average Bonchev–Trinajstić information content (AvgIpc) is 2.30. The Balaban J connectivity index is 5.27. The maximum atomic E-state index is 12.0. The molecule has 0 aromatic rings. The number of hydrogen-bond donors (Lipinski definition) is 3. The summed E-state index contributed by atoms with van der Waals surface area (Å²) in [6, 6.07) is -0.564. The Morgan fingerprint density at radius 2 is 1.70 bits per heavy atom. The van der Waals surface area contributed by atoms with Crippen LogP contribution in [0.5, 0.6) is 0 Å². The number of carboxylic acid groups (broad SMARTS) is 1. The molecule has 20 heavy (non-hydrogen) atoms. The van der Waals surface area contributed by atoms with Crippen molar-refractivity contribution >= 4 is 11.9 Å². The number of likely N-dealkylation sites (N-methyl/N-ethyl adjacent to an activating group) is 1. The molecular weight excluding hydrogens is 256 g/mol. The molecule has 5 heteroatoms. The van der Waals surface area contributed by atoms with Gasteiger partial charge in [0, 0.05) is 18.7 Å². The van der Waals surface area contributed by atoms with Gasteiger partial charge in [-0.3, -0.25) is 10.1 Å². The minimum absolute atomic E-state index is 0.0930. The van der Waals surface area contributed by atoms with E-state index in [2.05, 4.69) is 10.6 Å². The minimum Gasteiger partial charge on any atom is -0.478 e. The van der Waals surface area contributed by atoms with Gasteiger partial charge in [0.05, 0.1) is 6.04 Å². The lowest BCUT2D eigenvalue weighted by Gasteiger charge is -2.34. The van der Waals surface area contributed by atoms with Crippen LogP contribution in [0.15, 0.2) is 11.6 Å². The van der Waals surface area contributed by atoms with Crippen molar-refractivity contribution in [2.75, 3.05) is 7.05 Å². The molecule has 0 aromatic carbocycles. The van der Waals surface area contributed by atoms with E-state index in [1.54, 1.807) is 20.0 Å². The van der Waals surface area contributed by atoms with Crippen LogP contribution >= 0.6 is 0 Å². The third-order valence-electron chi connectivity index (χ3n) is 3.22. The van der Waals surface area contributed by atoms with Crippen LogP contribution in [0, 0.1) is 11.3 Å². The first-order chi connectivity index (χ1) is 9.00. The van der Waals surface area contributed by atoms with Gasteiger partial charge in [-0.25, -0.2) is 4.79 Å². The first kappa shape index (κ1) is 18.6. The fourth-order valence-electron chi connectivity index (χ4n) is 1.83. The summed E-state index contributed by atoms with van der Waals surface area (Å²) in [5.74, 6) is -0.854. The predicted octanol–water partition coefficient (Wildman–Crippen LogP) is 1.79. The average molecular weight is 284 g/mol. The standard InChI is InChI=1S/C15H28N2O3/c1-9(2)11(8-10(3)14(19)20)17-12(13(18)16-7)15(4,5)6/h8-9,11-12,17H,1-7H3,(H,16,18)(H,19,20)/b10-8+/t11-,12-/m1/s1. The highest BCUT2D eigenvalue weighted by Crippen LogP contribution is 2.21. The van der Waals surface area contributed by atoms with Gasteiger partial charge in [0.1, 0.15) is 0 Å². The highest BCUT2D eigenvalue weighted by molar-refractivity contribution is 5.86. The number of carbonyl (C=O) groups excluding carboxylic acids is 1. The van der Waals surface area contributed by atoms with Gasteiger partial charge >= 0.3 is 5.97 Å². The molecule has 0 unspecified atom stereocenters. The van der Waals surface area contributed by atoms with Gasteiger partial charge in [0.15, 0.2) is 0 Å². The molecule has 0 rings (SSSR count). The molecule has 0 aliphatic rings. The molecule has 0 bridgehead atoms. The zero-order chi connectivity index (χ0) is 16.1. The summed E-state index contributed by atoms with van der Waals surface area (Å²) in [7, 11) is 1.60. The van der Waals surface area contributed by atoms with E-state index in [-0.39, 0.29) is 28.9 Å². The van der Waals surface area contributed by atoms with Crippen LogP contribution in [0.25, 0.3) is 0 Å². The van der Waals surface area contributed by atoms with E-state index >= 15 is 0 Å². The second-order valence-corrected chi connectivity index (χ2v) is 6.50. The summed E-state index contributed by atoms with van der Waals surface area (Å²) in [5, 5.41) is 14.9. The minimum atomic E-state index is -0.940. The van der Waals surface area contributed by atoms with Crippen molar-refractivity contribution < 1.29 is 14.7 Å². The van der Waals surface area contributed by atoms with Crippen molar-refractivity contribution in [1.82, 2.24) is 10.6 Å². The number of amides is 1. The second kappa shape index (κ2) is 7.43. The number of carboxylic acids is 1. The highest BCUT2D eigenvalue weighted by atomic mass is 16.4. The SMILES string of the molecule is CNC(=O)[C@@H](N[C@H](/C=C(\C)C(=O)O)C(C)C)C(C)(C)C. The molecule has 0 spiro atoms. The number of rotatable bonds is 6. The highest BCUT2D eigenvalue weighted by Gasteiger charge is 2.32. The summed E-state index contributed by atoms with van der Waals surface area (Å²) in [6.45, 7) is 11.5. The lowest BCUT2D eigenvalue weighted by Crippen LogP contribution is -2.55. The topological polar surface area (TPSA) is 78.4 Å². The van der Waals surface area contributed by atoms with Crippen LogP contribution in [-0.2, 0) is 9.59 Å². The molecule has 5 nitrogen and oxygen atoms in total. The summed E-state index contributed by atoms with van der Waals surface area (Å²) >= 11 is 0. The van der Waals surface area contributed by atoms with Crippen LogP contribution < -0.4 is 10.6 Å². The fraction of sp³-hybridized carbons (Fsp3) is 0.733. The number of nitrogens with one attached hydrogen (secondary N) is 2. The maximum absolute atomic E-state index is 12.0. The van der Waals surface area contributed by atoms with E-state index < -0.39 is 12.0 Å². The third kappa shape index (κ3) is 5.74. The van der Waals surface area contributed by atoms with E-state index in [9.17, 15) is 9.59 Å². The van der Waals surface area contributed by atoms with E-state index in [0.29, 0.717) is 0 Å². The molecule has 0 aromatic heterocycles. The first-order valence-corrected chi connectivity index (χ1v) is 6.90. The molecule has 0 heterocycles. The van der Waals surface area contributed by atoms with Crippen molar-refractivity contribution in [3.63, 3.8) is 0 Å². The summed E-state index contributed by atoms with van der Waals surface area (Å²) in [6.07, 6.45) is 1.68. The Bertz CT molecular complexity index is 381. The molecule has 0 fully saturated rings. The number of carbonyl (C=O) groups is 2. The Labute approximate surface area is 121 Å². The Morgan fingerprint density at radius 3 is 2.00 bits per heavy atom. The maximum Gasteiger partial charge on any atom is 0.331 e. The van der Waals surface area contributed by atoms with E-state index in [4.69, 9.17) is 5.11 Å². The van der Waals surface area contributed by atoms with Crippen LogP contribution in [0.2, 0.25) is 0 Å². The Morgan fingerprint density at radius 1 is 1.20 bits per heavy atom. The summed E-state index contributed by atoms with van der Waals surface area (Å²) < 4.78 is 0. The van der Waals surface area contributed by atoms with Gasteiger partial charge in [-0.05, 0) is 18.3 Å². The lowest BCUT2D eigenvalue weighted by molar-refractivity contribution is -0.132. The largest absolute Gasteiger partial charge is 0.478 e. The summed E-state index contributed by atoms with van der Waals surface area (Å²) in [5.41, 5.74) is 0.0128. The quantitative estimate of drug-likeness (QED) is 0.650. The third-order valence-corrected chi connectivity index (χ3v) is 3.22. The molecule has 2 atom stereocenters. The first-order valence-electron chi connectivity index (χ1n) is 6.90. The smallest absolute Gasteiger partial charge is 0.331 e. The van der Waals surface area contributed by atoms with E-state index in [1.807, 2.05) is 34.6 Å². The van der Waals surface area contributed by atoms with Crippen LogP contribution in [0.1, 0.15) is 41.5 Å². The van der Waals surface area contributed by atoms with Gasteiger partial charge in [0.2, 0.25) is 5.91 Å². The number of aliphatic carboxylic acids is 1. The summed E-state index contributed by atoms with van der Waals surface area (Å²) in [4.78, 5) is 23.0. The van der Waals surface area contributed by atoms with Crippen molar-refractivity contribution in [3.05, 3.63) is 11.6 Å². The van der Waals surface area contributed by atoms with E-state index in [1.165, 1.54) is 0 Å². The molecule has 116 valence electrons. The van der Waals surface area contributed by atoms with Gasteiger partial charge in [-0.2, -0.15) is 0 Å². The number of hydrogen-bond acceptors (Lipinski definition) is 3. The Hall–Kier alpha value is -1.36. The molecule has 0 saturated carbocycles. The van der Waals surface area contributed by atoms with Crippen molar-refractivity contribution in [2.45, 2.75) is 53.6 Å². The van der Waals surface area contributed by atoms with Gasteiger partial charge in [0.25, 0.3) is 0 Å². The van der Waals surface area contributed by atoms with Crippen LogP contribution in [0.4, 0.5) is 0 Å². The zero-order valence-electron chi connectivity index (χ0n) is 13.6. The van der Waals surface area contributed by atoms with Gasteiger partial charge in [-0.1, -0.05) is 40.7 Å². The zero-order valence-corrected chi connectivity index (χ0v) is 13.6. The molecule has 3 N–H and O–H groups in total. The monoisotopic (exact) mass is 284 g/mol. The Kier molecular flexibility index (Phi) is 6.92. The van der Waals surface area contributed by atoms with Crippen molar-refractivity contribution in [1.29, 1.82) is 0 Å². The van der Waals surface area contributed by atoms with Crippen LogP contribution in [-0.4, -0.2) is 36.1 Å². The molecule has 0 aliphatic heterocycles. The van der Waals surface area contributed by atoms with E-state index in [0.717, 1.165) is 0 Å². The predicted molar refractivity (Wildman–Crippen MR) is 80.5 cm³/mol. The van der Waals surface area contributed by atoms with Crippen LogP contribution in [0.3, 0.4) is 0 Å². The molecule has 1 amide bonds. The molecular formula is C15H28N2O3. The molecule has 0 aliphatic carbocycles. The van der Waals surface area contributed by atoms with Crippen molar-refractivity contribution in [2.24, 2.45) is 11.3 Å². The second-order valence-electron chi connectivity index (χ2n) is 6.50. The fourth-order valence-corrected chi connectivity index (χ4v) is 1.83. The van der Waals surface area contributed by atoms with Crippen molar-refractivity contribution in [3.8, 4) is 0 Å². The molecule has 0 saturated heterocycles. The lowest BCUT2D eigenvalue weighted by atomic mass is 9.84. The normalized spacial score (nSPS) is 15.9. The molecule has 0 radical (unpaired) electrons.